The number of benzene rings is 1. The van der Waals surface area contributed by atoms with Crippen LogP contribution in [-0.2, 0) is 16.6 Å². The number of nitrogens with one attached hydrogen (secondary N) is 1. The summed E-state index contributed by atoms with van der Waals surface area (Å²) in [5.74, 6) is -0.559. The largest absolute Gasteiger partial charge is 0.326 e. The van der Waals surface area contributed by atoms with Gasteiger partial charge in [-0.2, -0.15) is 0 Å². The third-order valence-corrected chi connectivity index (χ3v) is 5.18. The van der Waals surface area contributed by atoms with Crippen LogP contribution in [0.2, 0.25) is 0 Å². The molecule has 0 radical (unpaired) electrons. The van der Waals surface area contributed by atoms with E-state index in [4.69, 9.17) is 5.73 Å². The maximum absolute atomic E-state index is 13.8. The molecule has 0 fully saturated rings. The summed E-state index contributed by atoms with van der Waals surface area (Å²) in [4.78, 5) is -0.0472. The second-order valence-corrected chi connectivity index (χ2v) is 7.80. The summed E-state index contributed by atoms with van der Waals surface area (Å²) in [5.41, 5.74) is 5.80. The van der Waals surface area contributed by atoms with Gasteiger partial charge in [-0.15, -0.1) is 0 Å². The van der Waals surface area contributed by atoms with Crippen molar-refractivity contribution in [1.29, 1.82) is 0 Å². The van der Waals surface area contributed by atoms with Crippen LogP contribution in [-0.4, -0.2) is 14.5 Å². The van der Waals surface area contributed by atoms with Crippen LogP contribution in [0.15, 0.2) is 17.0 Å². The zero-order valence-electron chi connectivity index (χ0n) is 12.6. The van der Waals surface area contributed by atoms with Crippen molar-refractivity contribution < 1.29 is 12.8 Å². The zero-order chi connectivity index (χ0) is 15.7. The highest BCUT2D eigenvalue weighted by Crippen LogP contribution is 2.24. The minimum absolute atomic E-state index is 0.0472. The summed E-state index contributed by atoms with van der Waals surface area (Å²) in [7, 11) is -3.77. The lowest BCUT2D eigenvalue weighted by Gasteiger charge is -2.28. The smallest absolute Gasteiger partial charge is 0.241 e. The van der Waals surface area contributed by atoms with Crippen LogP contribution < -0.4 is 10.5 Å². The summed E-state index contributed by atoms with van der Waals surface area (Å²) in [6, 6.07) is 2.41. The van der Waals surface area contributed by atoms with Gasteiger partial charge in [0, 0.05) is 18.2 Å². The van der Waals surface area contributed by atoms with Gasteiger partial charge >= 0.3 is 0 Å². The van der Waals surface area contributed by atoms with E-state index < -0.39 is 15.8 Å². The van der Waals surface area contributed by atoms with Gasteiger partial charge in [-0.05, 0) is 37.0 Å². The number of hydrogen-bond donors (Lipinski definition) is 2. The molecule has 0 saturated carbocycles. The van der Waals surface area contributed by atoms with E-state index in [9.17, 15) is 12.8 Å². The SMILES string of the molecule is Cc1c(F)cc(CN)cc1S(=O)(=O)NC(C)C(C)(C)C. The van der Waals surface area contributed by atoms with Crippen molar-refractivity contribution in [2.24, 2.45) is 11.1 Å². The van der Waals surface area contributed by atoms with Crippen LogP contribution in [0.4, 0.5) is 4.39 Å². The summed E-state index contributed by atoms with van der Waals surface area (Å²) < 4.78 is 41.2. The average Bonchev–Trinajstić information content (AvgIpc) is 2.30. The lowest BCUT2D eigenvalue weighted by atomic mass is 9.89. The average molecular weight is 302 g/mol. The van der Waals surface area contributed by atoms with Gasteiger partial charge in [0.1, 0.15) is 5.82 Å². The molecule has 0 heterocycles. The fraction of sp³-hybridized carbons (Fsp3) is 0.571. The first-order valence-electron chi connectivity index (χ1n) is 6.50. The minimum Gasteiger partial charge on any atom is -0.326 e. The van der Waals surface area contributed by atoms with Crippen LogP contribution in [0.3, 0.4) is 0 Å². The molecule has 4 nitrogen and oxygen atoms in total. The Balaban J connectivity index is 3.26. The Morgan fingerprint density at radius 2 is 1.90 bits per heavy atom. The second kappa shape index (κ2) is 5.79. The molecule has 0 aliphatic carbocycles. The minimum atomic E-state index is -3.77. The van der Waals surface area contributed by atoms with Crippen LogP contribution in [0.25, 0.3) is 0 Å². The van der Waals surface area contributed by atoms with Crippen LogP contribution in [0.1, 0.15) is 38.8 Å². The third kappa shape index (κ3) is 3.77. The fourth-order valence-electron chi connectivity index (χ4n) is 1.58. The number of hydrogen-bond acceptors (Lipinski definition) is 3. The molecule has 3 N–H and O–H groups in total. The van der Waals surface area contributed by atoms with Crippen LogP contribution in [0.5, 0.6) is 0 Å². The van der Waals surface area contributed by atoms with Crippen molar-refractivity contribution >= 4 is 10.0 Å². The van der Waals surface area contributed by atoms with E-state index in [2.05, 4.69) is 4.72 Å². The van der Waals surface area contributed by atoms with Crippen molar-refractivity contribution in [3.05, 3.63) is 29.1 Å². The molecule has 6 heteroatoms. The Kier molecular flexibility index (Phi) is 4.94. The summed E-state index contributed by atoms with van der Waals surface area (Å²) in [6.07, 6.45) is 0. The molecular formula is C14H23FN2O2S. The molecule has 114 valence electrons. The highest BCUT2D eigenvalue weighted by Gasteiger charge is 2.27. The molecular weight excluding hydrogens is 279 g/mol. The molecule has 0 aliphatic heterocycles. The Bertz CT molecular complexity index is 592. The molecule has 1 aromatic carbocycles. The van der Waals surface area contributed by atoms with E-state index in [0.29, 0.717) is 5.56 Å². The first kappa shape index (κ1) is 17.1. The van der Waals surface area contributed by atoms with Crippen molar-refractivity contribution in [1.82, 2.24) is 4.72 Å². The highest BCUT2D eigenvalue weighted by molar-refractivity contribution is 7.89. The molecule has 1 aromatic rings. The van der Waals surface area contributed by atoms with E-state index in [-0.39, 0.29) is 28.5 Å². The molecule has 0 aromatic heterocycles. The molecule has 0 bridgehead atoms. The number of sulfonamides is 1. The van der Waals surface area contributed by atoms with Crippen molar-refractivity contribution in [2.45, 2.75) is 52.1 Å². The van der Waals surface area contributed by atoms with E-state index >= 15 is 0 Å². The molecule has 0 amide bonds. The van der Waals surface area contributed by atoms with Gasteiger partial charge in [0.25, 0.3) is 0 Å². The predicted molar refractivity (Wildman–Crippen MR) is 78.3 cm³/mol. The van der Waals surface area contributed by atoms with Gasteiger partial charge in [0.05, 0.1) is 4.90 Å². The molecule has 1 unspecified atom stereocenters. The quantitative estimate of drug-likeness (QED) is 0.896. The molecule has 0 spiro atoms. The van der Waals surface area contributed by atoms with Gasteiger partial charge in [-0.25, -0.2) is 17.5 Å². The van der Waals surface area contributed by atoms with Gasteiger partial charge in [-0.1, -0.05) is 20.8 Å². The van der Waals surface area contributed by atoms with Gasteiger partial charge in [0.2, 0.25) is 10.0 Å². The predicted octanol–water partition coefficient (Wildman–Crippen LogP) is 2.31. The van der Waals surface area contributed by atoms with Gasteiger partial charge in [0.15, 0.2) is 0 Å². The van der Waals surface area contributed by atoms with Gasteiger partial charge in [-0.3, -0.25) is 0 Å². The van der Waals surface area contributed by atoms with Crippen LogP contribution >= 0.6 is 0 Å². The Morgan fingerprint density at radius 3 is 2.35 bits per heavy atom. The maximum Gasteiger partial charge on any atom is 0.241 e. The summed E-state index contributed by atoms with van der Waals surface area (Å²) >= 11 is 0. The number of rotatable bonds is 4. The molecule has 1 rings (SSSR count). The fourth-order valence-corrected chi connectivity index (χ4v) is 3.33. The molecule has 1 atom stereocenters. The maximum atomic E-state index is 13.8. The lowest BCUT2D eigenvalue weighted by molar-refractivity contribution is 0.317. The first-order valence-corrected chi connectivity index (χ1v) is 7.98. The summed E-state index contributed by atoms with van der Waals surface area (Å²) in [6.45, 7) is 9.13. The lowest BCUT2D eigenvalue weighted by Crippen LogP contribution is -2.41. The van der Waals surface area contributed by atoms with Crippen molar-refractivity contribution in [2.75, 3.05) is 0 Å². The van der Waals surface area contributed by atoms with E-state index in [0.717, 1.165) is 0 Å². The summed E-state index contributed by atoms with van der Waals surface area (Å²) in [5, 5.41) is 0. The van der Waals surface area contributed by atoms with Crippen LogP contribution in [0, 0.1) is 18.2 Å². The normalized spacial score (nSPS) is 14.3. The van der Waals surface area contributed by atoms with Crippen molar-refractivity contribution in [3.63, 3.8) is 0 Å². The molecule has 0 aliphatic rings. The van der Waals surface area contributed by atoms with E-state index in [1.807, 2.05) is 20.8 Å². The zero-order valence-corrected chi connectivity index (χ0v) is 13.4. The molecule has 0 saturated heterocycles. The topological polar surface area (TPSA) is 72.2 Å². The monoisotopic (exact) mass is 302 g/mol. The third-order valence-electron chi connectivity index (χ3n) is 3.51. The molecule has 20 heavy (non-hydrogen) atoms. The Hall–Kier alpha value is -0.980. The highest BCUT2D eigenvalue weighted by atomic mass is 32.2. The Labute approximate surface area is 120 Å². The Morgan fingerprint density at radius 1 is 1.35 bits per heavy atom. The van der Waals surface area contributed by atoms with Gasteiger partial charge < -0.3 is 5.73 Å². The number of nitrogens with two attached hydrogens (primary N) is 1. The standard InChI is InChI=1S/C14H23FN2O2S/c1-9-12(15)6-11(8-16)7-13(9)20(18,19)17-10(2)14(3,4)5/h6-7,10,17H,8,16H2,1-5H3. The van der Waals surface area contributed by atoms with E-state index in [1.165, 1.54) is 19.1 Å². The first-order chi connectivity index (χ1) is 8.99. The number of halogens is 1. The van der Waals surface area contributed by atoms with E-state index in [1.54, 1.807) is 6.92 Å². The second-order valence-electron chi connectivity index (χ2n) is 6.11. The van der Waals surface area contributed by atoms with Crippen molar-refractivity contribution in [3.8, 4) is 0 Å².